The van der Waals surface area contributed by atoms with Crippen molar-refractivity contribution in [1.29, 1.82) is 0 Å². The molecule has 2 aromatic carbocycles. The average molecular weight is 452 g/mol. The van der Waals surface area contributed by atoms with Crippen molar-refractivity contribution >= 4 is 27.5 Å². The van der Waals surface area contributed by atoms with E-state index in [1.165, 1.54) is 35.2 Å². The number of sulfonamides is 1. The van der Waals surface area contributed by atoms with Crippen LogP contribution in [0.1, 0.15) is 17.3 Å². The highest BCUT2D eigenvalue weighted by atomic mass is 32.2. The summed E-state index contributed by atoms with van der Waals surface area (Å²) in [5, 5.41) is 7.77. The molecule has 1 saturated heterocycles. The highest BCUT2D eigenvalue weighted by Gasteiger charge is 2.28. The van der Waals surface area contributed by atoms with Gasteiger partial charge in [-0.3, -0.25) is 14.5 Å². The zero-order valence-electron chi connectivity index (χ0n) is 16.7. The number of nitrogens with one attached hydrogen (secondary N) is 1. The predicted octanol–water partition coefficient (Wildman–Crippen LogP) is 1.40. The number of anilines is 1. The first-order valence-corrected chi connectivity index (χ1v) is 11.0. The van der Waals surface area contributed by atoms with E-state index in [-0.39, 0.29) is 16.4 Å². The second-order valence-corrected chi connectivity index (χ2v) is 8.75. The molecule has 3 N–H and O–H groups in total. The summed E-state index contributed by atoms with van der Waals surface area (Å²) in [6, 6.07) is 8.03. The Labute approximate surface area is 178 Å². The molecule has 0 aromatic heterocycles. The van der Waals surface area contributed by atoms with Gasteiger partial charge in [-0.2, -0.15) is 0 Å². The van der Waals surface area contributed by atoms with Crippen LogP contribution < -0.4 is 10.5 Å². The normalized spacial score (nSPS) is 16.1. The monoisotopic (exact) mass is 452 g/mol. The first kappa shape index (κ1) is 22.8. The number of hydrogen-bond donors (Lipinski definition) is 2. The lowest BCUT2D eigenvalue weighted by Gasteiger charge is -2.37. The molecule has 3 rings (SSSR count). The molecular formula is C20H22F2N4O4S. The third kappa shape index (κ3) is 5.43. The lowest BCUT2D eigenvalue weighted by atomic mass is 10.1. The van der Waals surface area contributed by atoms with E-state index >= 15 is 0 Å². The van der Waals surface area contributed by atoms with Gasteiger partial charge in [-0.05, 0) is 49.4 Å². The van der Waals surface area contributed by atoms with Crippen molar-refractivity contribution in [2.24, 2.45) is 5.14 Å². The van der Waals surface area contributed by atoms with Crippen LogP contribution >= 0.6 is 0 Å². The summed E-state index contributed by atoms with van der Waals surface area (Å²) in [6.45, 7) is 3.24. The molecule has 1 atom stereocenters. The Morgan fingerprint density at radius 3 is 2.16 bits per heavy atom. The van der Waals surface area contributed by atoms with Gasteiger partial charge in [0.05, 0.1) is 10.9 Å². The van der Waals surface area contributed by atoms with E-state index in [0.29, 0.717) is 31.9 Å². The molecule has 1 aliphatic rings. The Hall–Kier alpha value is -2.89. The zero-order chi connectivity index (χ0) is 22.8. The van der Waals surface area contributed by atoms with E-state index in [0.717, 1.165) is 12.1 Å². The maximum Gasteiger partial charge on any atom is 0.254 e. The fraction of sp³-hybridized carbons (Fsp3) is 0.300. The Morgan fingerprint density at radius 2 is 1.61 bits per heavy atom. The number of primary sulfonamides is 1. The molecule has 0 aliphatic carbocycles. The van der Waals surface area contributed by atoms with E-state index in [9.17, 15) is 26.8 Å². The third-order valence-electron chi connectivity index (χ3n) is 5.15. The van der Waals surface area contributed by atoms with Crippen molar-refractivity contribution in [2.75, 3.05) is 31.5 Å². The van der Waals surface area contributed by atoms with Gasteiger partial charge in [-0.15, -0.1) is 0 Å². The smallest absolute Gasteiger partial charge is 0.254 e. The van der Waals surface area contributed by atoms with Gasteiger partial charge < -0.3 is 10.2 Å². The fourth-order valence-corrected chi connectivity index (χ4v) is 3.78. The van der Waals surface area contributed by atoms with E-state index in [1.54, 1.807) is 6.92 Å². The highest BCUT2D eigenvalue weighted by molar-refractivity contribution is 7.89. The number of carbonyl (C=O) groups is 2. The van der Waals surface area contributed by atoms with Crippen molar-refractivity contribution in [3.05, 3.63) is 59.7 Å². The molecule has 8 nitrogen and oxygen atoms in total. The predicted molar refractivity (Wildman–Crippen MR) is 110 cm³/mol. The van der Waals surface area contributed by atoms with Gasteiger partial charge in [0, 0.05) is 37.4 Å². The summed E-state index contributed by atoms with van der Waals surface area (Å²) < 4.78 is 49.1. The van der Waals surface area contributed by atoms with Crippen molar-refractivity contribution in [3.63, 3.8) is 0 Å². The summed E-state index contributed by atoms with van der Waals surface area (Å²) in [7, 11) is -3.81. The van der Waals surface area contributed by atoms with Crippen LogP contribution in [0.25, 0.3) is 0 Å². The molecule has 1 heterocycles. The molecule has 166 valence electrons. The fourth-order valence-electron chi connectivity index (χ4n) is 3.26. The maximum atomic E-state index is 13.4. The van der Waals surface area contributed by atoms with Gasteiger partial charge in [-0.1, -0.05) is 0 Å². The standard InChI is InChI=1S/C20H22F2N4O4S/c1-13(19(27)24-15-3-5-16(6-4-15)31(23,29)30)25-8-10-26(11-9-25)20(28)14-2-7-17(21)18(22)12-14/h2-7,12-13H,8-11H2,1H3,(H,24,27)(H2,23,29,30). The minimum Gasteiger partial charge on any atom is -0.336 e. The molecule has 31 heavy (non-hydrogen) atoms. The maximum absolute atomic E-state index is 13.4. The van der Waals surface area contributed by atoms with Gasteiger partial charge in [-0.25, -0.2) is 22.3 Å². The first-order valence-electron chi connectivity index (χ1n) is 9.48. The SMILES string of the molecule is CC(C(=O)Nc1ccc(S(N)(=O)=O)cc1)N1CCN(C(=O)c2ccc(F)c(F)c2)CC1. The van der Waals surface area contributed by atoms with Gasteiger partial charge in [0.15, 0.2) is 11.6 Å². The van der Waals surface area contributed by atoms with E-state index < -0.39 is 33.6 Å². The molecule has 11 heteroatoms. The van der Waals surface area contributed by atoms with E-state index in [4.69, 9.17) is 5.14 Å². The number of nitrogens with two attached hydrogens (primary N) is 1. The molecule has 1 unspecified atom stereocenters. The molecule has 2 amide bonds. The van der Waals surface area contributed by atoms with Crippen LogP contribution in [0.3, 0.4) is 0 Å². The molecule has 1 fully saturated rings. The van der Waals surface area contributed by atoms with Crippen LogP contribution in [0.4, 0.5) is 14.5 Å². The number of amides is 2. The number of halogens is 2. The van der Waals surface area contributed by atoms with Gasteiger partial charge in [0.1, 0.15) is 0 Å². The number of benzene rings is 2. The highest BCUT2D eigenvalue weighted by Crippen LogP contribution is 2.16. The quantitative estimate of drug-likeness (QED) is 0.712. The summed E-state index contributed by atoms with van der Waals surface area (Å²) in [6.07, 6.45) is 0. The van der Waals surface area contributed by atoms with Crippen LogP contribution in [-0.4, -0.2) is 62.3 Å². The lowest BCUT2D eigenvalue weighted by Crippen LogP contribution is -2.54. The summed E-state index contributed by atoms with van der Waals surface area (Å²) in [4.78, 5) is 28.4. The summed E-state index contributed by atoms with van der Waals surface area (Å²) in [5.74, 6) is -2.78. The molecule has 1 aliphatic heterocycles. The molecule has 0 saturated carbocycles. The Kier molecular flexibility index (Phi) is 6.68. The van der Waals surface area contributed by atoms with Crippen molar-refractivity contribution < 1.29 is 26.8 Å². The molecule has 0 radical (unpaired) electrons. The van der Waals surface area contributed by atoms with E-state index in [1.807, 2.05) is 4.90 Å². The number of nitrogens with zero attached hydrogens (tertiary/aromatic N) is 2. The summed E-state index contributed by atoms with van der Waals surface area (Å²) in [5.41, 5.74) is 0.498. The van der Waals surface area contributed by atoms with Crippen molar-refractivity contribution in [1.82, 2.24) is 9.80 Å². The molecule has 0 spiro atoms. The molecule has 2 aromatic rings. The molecular weight excluding hydrogens is 430 g/mol. The van der Waals surface area contributed by atoms with Crippen LogP contribution in [0.5, 0.6) is 0 Å². The second kappa shape index (κ2) is 9.08. The number of rotatable bonds is 5. The number of hydrogen-bond acceptors (Lipinski definition) is 5. The van der Waals surface area contributed by atoms with Crippen molar-refractivity contribution in [2.45, 2.75) is 17.9 Å². The van der Waals surface area contributed by atoms with Crippen molar-refractivity contribution in [3.8, 4) is 0 Å². The molecule has 0 bridgehead atoms. The Balaban J connectivity index is 1.55. The minimum atomic E-state index is -3.81. The zero-order valence-corrected chi connectivity index (χ0v) is 17.5. The minimum absolute atomic E-state index is 0.0552. The van der Waals surface area contributed by atoms with Crippen LogP contribution in [0.2, 0.25) is 0 Å². The average Bonchev–Trinajstić information content (AvgIpc) is 2.74. The topological polar surface area (TPSA) is 113 Å². The van der Waals surface area contributed by atoms with Crippen LogP contribution in [-0.2, 0) is 14.8 Å². The second-order valence-electron chi connectivity index (χ2n) is 7.19. The van der Waals surface area contributed by atoms with Crippen LogP contribution in [0, 0.1) is 11.6 Å². The Bertz CT molecular complexity index is 1080. The van der Waals surface area contributed by atoms with Gasteiger partial charge in [0.25, 0.3) is 5.91 Å². The van der Waals surface area contributed by atoms with Gasteiger partial charge in [0.2, 0.25) is 15.9 Å². The van der Waals surface area contributed by atoms with Crippen LogP contribution in [0.15, 0.2) is 47.4 Å². The Morgan fingerprint density at radius 1 is 1.00 bits per heavy atom. The largest absolute Gasteiger partial charge is 0.336 e. The van der Waals surface area contributed by atoms with E-state index in [2.05, 4.69) is 5.32 Å². The number of piperazine rings is 1. The number of carbonyl (C=O) groups excluding carboxylic acids is 2. The summed E-state index contributed by atoms with van der Waals surface area (Å²) >= 11 is 0. The van der Waals surface area contributed by atoms with Gasteiger partial charge >= 0.3 is 0 Å². The third-order valence-corrected chi connectivity index (χ3v) is 6.07. The first-order chi connectivity index (χ1) is 14.6. The lowest BCUT2D eigenvalue weighted by molar-refractivity contribution is -0.121.